The van der Waals surface area contributed by atoms with E-state index in [0.29, 0.717) is 5.69 Å². The zero-order valence-corrected chi connectivity index (χ0v) is 11.9. The molecule has 2 bridgehead atoms. The van der Waals surface area contributed by atoms with Crippen LogP contribution in [0.5, 0.6) is 0 Å². The maximum absolute atomic E-state index is 12.9. The number of nitrogens with zero attached hydrogens (tertiary/aromatic N) is 1. The van der Waals surface area contributed by atoms with E-state index in [1.807, 2.05) is 36.4 Å². The molecule has 0 radical (unpaired) electrons. The van der Waals surface area contributed by atoms with Crippen LogP contribution >= 0.6 is 0 Å². The Morgan fingerprint density at radius 3 is 2.57 bits per heavy atom. The lowest BCUT2D eigenvalue weighted by Crippen LogP contribution is -2.52. The fourth-order valence-electron chi connectivity index (χ4n) is 4.18. The molecule has 0 spiro atoms. The molecule has 4 nitrogen and oxygen atoms in total. The molecule has 4 aliphatic rings. The van der Waals surface area contributed by atoms with Crippen LogP contribution in [0, 0.1) is 17.8 Å². The Morgan fingerprint density at radius 1 is 1.19 bits per heavy atom. The number of allylic oxidation sites excluding steroid dienone is 1. The van der Waals surface area contributed by atoms with Crippen LogP contribution in [0.4, 0.5) is 5.69 Å². The van der Waals surface area contributed by atoms with Gasteiger partial charge < -0.3 is 4.74 Å². The quantitative estimate of drug-likeness (QED) is 0.617. The summed E-state index contributed by atoms with van der Waals surface area (Å²) in [6, 6.07) is 9.18. The molecular weight excluding hydrogens is 266 g/mol. The van der Waals surface area contributed by atoms with Gasteiger partial charge in [-0.05, 0) is 30.9 Å². The highest BCUT2D eigenvalue weighted by atomic mass is 16.5. The summed E-state index contributed by atoms with van der Waals surface area (Å²) >= 11 is 0. The number of benzene rings is 1. The number of anilines is 1. The van der Waals surface area contributed by atoms with Crippen molar-refractivity contribution in [1.29, 1.82) is 0 Å². The van der Waals surface area contributed by atoms with E-state index in [2.05, 4.69) is 6.08 Å². The Labute approximate surface area is 123 Å². The van der Waals surface area contributed by atoms with Crippen LogP contribution < -0.4 is 4.90 Å². The highest BCUT2D eigenvalue weighted by Gasteiger charge is 2.63. The Morgan fingerprint density at radius 2 is 1.95 bits per heavy atom. The minimum Gasteiger partial charge on any atom is -0.373 e. The number of carbonyl (C=O) groups is 2. The van der Waals surface area contributed by atoms with E-state index in [0.717, 1.165) is 12.8 Å². The second-order valence-corrected chi connectivity index (χ2v) is 6.07. The highest BCUT2D eigenvalue weighted by Crippen LogP contribution is 2.53. The van der Waals surface area contributed by atoms with Gasteiger partial charge in [0.1, 0.15) is 0 Å². The number of para-hydroxylation sites is 1. The SMILES string of the molecule is CO[C@]12C=C[C@H](CC1)C1C(=O)N(c3ccccc3)C(=O)C12. The van der Waals surface area contributed by atoms with Gasteiger partial charge in [-0.2, -0.15) is 0 Å². The van der Waals surface area contributed by atoms with Crippen molar-refractivity contribution in [3.63, 3.8) is 0 Å². The van der Waals surface area contributed by atoms with Crippen molar-refractivity contribution in [3.8, 4) is 0 Å². The Balaban J connectivity index is 1.81. The molecule has 3 aliphatic carbocycles. The first kappa shape index (κ1) is 12.8. The zero-order chi connectivity index (χ0) is 14.6. The predicted octanol–water partition coefficient (Wildman–Crippen LogP) is 2.16. The highest BCUT2D eigenvalue weighted by molar-refractivity contribution is 6.23. The third-order valence-corrected chi connectivity index (χ3v) is 5.23. The van der Waals surface area contributed by atoms with E-state index in [-0.39, 0.29) is 29.6 Å². The van der Waals surface area contributed by atoms with Crippen LogP contribution in [-0.4, -0.2) is 24.5 Å². The van der Waals surface area contributed by atoms with Crippen molar-refractivity contribution in [2.75, 3.05) is 12.0 Å². The van der Waals surface area contributed by atoms with Gasteiger partial charge in [0, 0.05) is 7.11 Å². The molecule has 5 rings (SSSR count). The first-order chi connectivity index (χ1) is 10.2. The Hall–Kier alpha value is -1.94. The van der Waals surface area contributed by atoms with E-state index >= 15 is 0 Å². The molecule has 4 heteroatoms. The molecule has 2 fully saturated rings. The zero-order valence-electron chi connectivity index (χ0n) is 11.9. The summed E-state index contributed by atoms with van der Waals surface area (Å²) in [6.45, 7) is 0. The number of hydrogen-bond acceptors (Lipinski definition) is 3. The van der Waals surface area contributed by atoms with E-state index in [4.69, 9.17) is 4.74 Å². The van der Waals surface area contributed by atoms with Gasteiger partial charge in [-0.15, -0.1) is 0 Å². The van der Waals surface area contributed by atoms with E-state index in [9.17, 15) is 9.59 Å². The molecule has 2 amide bonds. The molecule has 0 N–H and O–H groups in total. The lowest BCUT2D eigenvalue weighted by atomic mass is 9.60. The van der Waals surface area contributed by atoms with Crippen molar-refractivity contribution in [3.05, 3.63) is 42.5 Å². The summed E-state index contributed by atoms with van der Waals surface area (Å²) in [5.74, 6) is -0.675. The molecule has 1 aromatic rings. The maximum atomic E-state index is 12.9. The number of hydrogen-bond donors (Lipinski definition) is 0. The van der Waals surface area contributed by atoms with Gasteiger partial charge in [0.15, 0.2) is 0 Å². The molecule has 21 heavy (non-hydrogen) atoms. The van der Waals surface area contributed by atoms with Crippen molar-refractivity contribution >= 4 is 17.5 Å². The van der Waals surface area contributed by atoms with E-state index in [1.54, 1.807) is 7.11 Å². The predicted molar refractivity (Wildman–Crippen MR) is 77.5 cm³/mol. The summed E-state index contributed by atoms with van der Waals surface area (Å²) in [5.41, 5.74) is 0.0583. The number of fused-ring (bicyclic) bond motifs is 1. The fourth-order valence-corrected chi connectivity index (χ4v) is 4.18. The average molecular weight is 283 g/mol. The van der Waals surface area contributed by atoms with Crippen LogP contribution in [0.25, 0.3) is 0 Å². The third-order valence-electron chi connectivity index (χ3n) is 5.23. The molecule has 1 aromatic carbocycles. The monoisotopic (exact) mass is 283 g/mol. The summed E-state index contributed by atoms with van der Waals surface area (Å²) in [7, 11) is 1.63. The summed E-state index contributed by atoms with van der Waals surface area (Å²) in [5, 5.41) is 0. The maximum Gasteiger partial charge on any atom is 0.240 e. The molecule has 108 valence electrons. The normalized spacial score (nSPS) is 37.2. The number of carbonyl (C=O) groups excluding carboxylic acids is 2. The summed E-state index contributed by atoms with van der Waals surface area (Å²) in [4.78, 5) is 27.1. The van der Waals surface area contributed by atoms with Crippen LogP contribution in [-0.2, 0) is 14.3 Å². The van der Waals surface area contributed by atoms with Gasteiger partial charge in [-0.1, -0.05) is 30.4 Å². The molecular formula is C17H17NO3. The van der Waals surface area contributed by atoms with Gasteiger partial charge in [-0.3, -0.25) is 9.59 Å². The summed E-state index contributed by atoms with van der Waals surface area (Å²) < 4.78 is 5.70. The average Bonchev–Trinajstić information content (AvgIpc) is 2.83. The number of ether oxygens (including phenoxy) is 1. The number of rotatable bonds is 2. The molecule has 2 unspecified atom stereocenters. The van der Waals surface area contributed by atoms with Crippen LogP contribution in [0.1, 0.15) is 12.8 Å². The first-order valence-corrected chi connectivity index (χ1v) is 7.35. The van der Waals surface area contributed by atoms with Gasteiger partial charge in [0.05, 0.1) is 23.1 Å². The Bertz CT molecular complexity index is 639. The molecule has 1 heterocycles. The Kier molecular flexibility index (Phi) is 2.60. The topological polar surface area (TPSA) is 46.6 Å². The fraction of sp³-hybridized carbons (Fsp3) is 0.412. The minimum absolute atomic E-state index is 0.0772. The second-order valence-electron chi connectivity index (χ2n) is 6.07. The summed E-state index contributed by atoms with van der Waals surface area (Å²) in [6.07, 6.45) is 5.79. The van der Waals surface area contributed by atoms with Crippen molar-refractivity contribution in [1.82, 2.24) is 0 Å². The molecule has 1 aliphatic heterocycles. The molecule has 0 aromatic heterocycles. The standard InChI is InChI=1S/C17H17NO3/c1-21-17-9-7-11(8-10-17)13-14(17)16(20)18(15(13)19)12-5-3-2-4-6-12/h2-7,9,11,13-14H,8,10H2,1H3/t11-,13?,14?,17-/m1/s1. The second kappa shape index (κ2) is 4.28. The number of imide groups is 1. The number of methoxy groups -OCH3 is 1. The van der Waals surface area contributed by atoms with Crippen molar-refractivity contribution in [2.24, 2.45) is 17.8 Å². The van der Waals surface area contributed by atoms with Gasteiger partial charge in [0.25, 0.3) is 0 Å². The van der Waals surface area contributed by atoms with Gasteiger partial charge >= 0.3 is 0 Å². The van der Waals surface area contributed by atoms with Crippen molar-refractivity contribution in [2.45, 2.75) is 18.4 Å². The van der Waals surface area contributed by atoms with Crippen LogP contribution in [0.3, 0.4) is 0 Å². The van der Waals surface area contributed by atoms with Crippen LogP contribution in [0.2, 0.25) is 0 Å². The van der Waals surface area contributed by atoms with Crippen molar-refractivity contribution < 1.29 is 14.3 Å². The lowest BCUT2D eigenvalue weighted by molar-refractivity contribution is -0.140. The van der Waals surface area contributed by atoms with E-state index < -0.39 is 5.60 Å². The van der Waals surface area contributed by atoms with E-state index in [1.165, 1.54) is 4.90 Å². The lowest BCUT2D eigenvalue weighted by Gasteiger charge is -2.46. The smallest absolute Gasteiger partial charge is 0.240 e. The van der Waals surface area contributed by atoms with Gasteiger partial charge in [0.2, 0.25) is 11.8 Å². The molecule has 4 atom stereocenters. The first-order valence-electron chi connectivity index (χ1n) is 7.35. The van der Waals surface area contributed by atoms with Gasteiger partial charge in [-0.25, -0.2) is 4.90 Å². The molecule has 1 saturated heterocycles. The molecule has 1 saturated carbocycles. The van der Waals surface area contributed by atoms with Crippen LogP contribution in [0.15, 0.2) is 42.5 Å². The number of amides is 2. The third kappa shape index (κ3) is 1.54. The minimum atomic E-state index is -0.601. The largest absolute Gasteiger partial charge is 0.373 e.